The van der Waals surface area contributed by atoms with Gasteiger partial charge in [0.1, 0.15) is 6.10 Å². The number of hydrogen-bond acceptors (Lipinski definition) is 4. The summed E-state index contributed by atoms with van der Waals surface area (Å²) in [6, 6.07) is 0. The number of nitrogens with zero attached hydrogens (tertiary/aromatic N) is 1. The van der Waals surface area contributed by atoms with Gasteiger partial charge in [-0.05, 0) is 27.2 Å². The quantitative estimate of drug-likeness (QED) is 0.661. The number of primary amides is 1. The number of hydrogen-bond donors (Lipinski definition) is 2. The molecule has 0 aromatic heterocycles. The lowest BCUT2D eigenvalue weighted by Crippen LogP contribution is -2.55. The van der Waals surface area contributed by atoms with Gasteiger partial charge in [-0.1, -0.05) is 0 Å². The van der Waals surface area contributed by atoms with Crippen molar-refractivity contribution in [2.75, 3.05) is 13.1 Å². The summed E-state index contributed by atoms with van der Waals surface area (Å²) in [5.74, 6) is 0. The van der Waals surface area contributed by atoms with Gasteiger partial charge in [0.05, 0.1) is 6.10 Å². The molecule has 2 unspecified atom stereocenters. The zero-order valence-corrected chi connectivity index (χ0v) is 9.56. The second-order valence-electron chi connectivity index (χ2n) is 4.95. The van der Waals surface area contributed by atoms with Crippen LogP contribution in [0.1, 0.15) is 27.2 Å². The molecule has 1 saturated heterocycles. The molecule has 5 heteroatoms. The van der Waals surface area contributed by atoms with E-state index in [0.717, 1.165) is 6.54 Å². The molecule has 0 spiro atoms. The SMILES string of the molecule is CC(C)(C)N1CCC(O)C(OC(N)=O)C1. The first-order chi connectivity index (χ1) is 6.80. The van der Waals surface area contributed by atoms with Gasteiger partial charge in [-0.3, -0.25) is 4.90 Å². The van der Waals surface area contributed by atoms with E-state index >= 15 is 0 Å². The summed E-state index contributed by atoms with van der Waals surface area (Å²) in [6.45, 7) is 7.61. The molecule has 0 saturated carbocycles. The largest absolute Gasteiger partial charge is 0.442 e. The highest BCUT2D eigenvalue weighted by Gasteiger charge is 2.34. The van der Waals surface area contributed by atoms with Crippen molar-refractivity contribution in [1.29, 1.82) is 0 Å². The van der Waals surface area contributed by atoms with E-state index in [4.69, 9.17) is 10.5 Å². The summed E-state index contributed by atoms with van der Waals surface area (Å²) in [5.41, 5.74) is 4.96. The minimum Gasteiger partial charge on any atom is -0.442 e. The average Bonchev–Trinajstić information content (AvgIpc) is 2.06. The molecule has 3 N–H and O–H groups in total. The summed E-state index contributed by atoms with van der Waals surface area (Å²) in [7, 11) is 0. The molecule has 0 radical (unpaired) electrons. The van der Waals surface area contributed by atoms with Crippen LogP contribution in [-0.4, -0.2) is 46.9 Å². The number of ether oxygens (including phenoxy) is 1. The van der Waals surface area contributed by atoms with E-state index in [9.17, 15) is 9.90 Å². The maximum Gasteiger partial charge on any atom is 0.404 e. The van der Waals surface area contributed by atoms with Crippen LogP contribution in [0.15, 0.2) is 0 Å². The third-order valence-corrected chi connectivity index (χ3v) is 2.74. The lowest BCUT2D eigenvalue weighted by atomic mass is 9.98. The number of piperidine rings is 1. The number of aliphatic hydroxyl groups is 1. The molecule has 88 valence electrons. The smallest absolute Gasteiger partial charge is 0.404 e. The molecule has 0 aromatic rings. The molecule has 0 aromatic carbocycles. The standard InChI is InChI=1S/C10H20N2O3/c1-10(2,3)12-5-4-7(13)8(6-12)15-9(11)14/h7-8,13H,4-6H2,1-3H3,(H2,11,14). The van der Waals surface area contributed by atoms with Crippen molar-refractivity contribution in [3.8, 4) is 0 Å². The highest BCUT2D eigenvalue weighted by molar-refractivity contribution is 5.64. The van der Waals surface area contributed by atoms with Crippen LogP contribution < -0.4 is 5.73 Å². The van der Waals surface area contributed by atoms with Crippen LogP contribution in [0.25, 0.3) is 0 Å². The number of likely N-dealkylation sites (tertiary alicyclic amines) is 1. The van der Waals surface area contributed by atoms with Gasteiger partial charge in [0.25, 0.3) is 0 Å². The number of aliphatic hydroxyl groups excluding tert-OH is 1. The Hall–Kier alpha value is -0.810. The van der Waals surface area contributed by atoms with Crippen molar-refractivity contribution >= 4 is 6.09 Å². The van der Waals surface area contributed by atoms with Crippen molar-refractivity contribution in [1.82, 2.24) is 4.90 Å². The monoisotopic (exact) mass is 216 g/mol. The second-order valence-corrected chi connectivity index (χ2v) is 4.95. The van der Waals surface area contributed by atoms with Gasteiger partial charge in [-0.15, -0.1) is 0 Å². The number of carbonyl (C=O) groups excluding carboxylic acids is 1. The van der Waals surface area contributed by atoms with Crippen molar-refractivity contribution in [2.24, 2.45) is 5.73 Å². The van der Waals surface area contributed by atoms with E-state index < -0.39 is 18.3 Å². The fourth-order valence-electron chi connectivity index (χ4n) is 1.78. The highest BCUT2D eigenvalue weighted by Crippen LogP contribution is 2.21. The Kier molecular flexibility index (Phi) is 3.57. The van der Waals surface area contributed by atoms with Crippen LogP contribution in [0.2, 0.25) is 0 Å². The number of carbonyl (C=O) groups is 1. The van der Waals surface area contributed by atoms with Gasteiger partial charge in [0.15, 0.2) is 0 Å². The molecule has 0 bridgehead atoms. The second kappa shape index (κ2) is 4.37. The lowest BCUT2D eigenvalue weighted by molar-refractivity contribution is -0.0644. The van der Waals surface area contributed by atoms with Gasteiger partial charge < -0.3 is 15.6 Å². The molecule has 1 aliphatic rings. The molecule has 1 heterocycles. The zero-order chi connectivity index (χ0) is 11.6. The third kappa shape index (κ3) is 3.35. The minimum atomic E-state index is -0.824. The van der Waals surface area contributed by atoms with E-state index in [0.29, 0.717) is 13.0 Å². The van der Waals surface area contributed by atoms with Gasteiger partial charge in [-0.2, -0.15) is 0 Å². The van der Waals surface area contributed by atoms with Crippen molar-refractivity contribution in [2.45, 2.75) is 44.9 Å². The topological polar surface area (TPSA) is 75.8 Å². The maximum atomic E-state index is 10.6. The first-order valence-corrected chi connectivity index (χ1v) is 5.20. The number of nitrogens with two attached hydrogens (primary N) is 1. The summed E-state index contributed by atoms with van der Waals surface area (Å²) in [4.78, 5) is 12.8. The normalized spacial score (nSPS) is 28.8. The van der Waals surface area contributed by atoms with Gasteiger partial charge >= 0.3 is 6.09 Å². The maximum absolute atomic E-state index is 10.6. The predicted octanol–water partition coefficient (Wildman–Crippen LogP) is 0.315. The van der Waals surface area contributed by atoms with Crippen LogP contribution in [0.5, 0.6) is 0 Å². The summed E-state index contributed by atoms with van der Waals surface area (Å²) in [5, 5.41) is 9.64. The molecular weight excluding hydrogens is 196 g/mol. The molecule has 5 nitrogen and oxygen atoms in total. The first kappa shape index (κ1) is 12.3. The summed E-state index contributed by atoms with van der Waals surface area (Å²) < 4.78 is 4.88. The van der Waals surface area contributed by atoms with Crippen LogP contribution in [0, 0.1) is 0 Å². The Morgan fingerprint density at radius 1 is 1.53 bits per heavy atom. The van der Waals surface area contributed by atoms with Crippen LogP contribution >= 0.6 is 0 Å². The van der Waals surface area contributed by atoms with Crippen molar-refractivity contribution < 1.29 is 14.6 Å². The van der Waals surface area contributed by atoms with Crippen molar-refractivity contribution in [3.05, 3.63) is 0 Å². The third-order valence-electron chi connectivity index (χ3n) is 2.74. The molecule has 1 fully saturated rings. The number of rotatable bonds is 1. The van der Waals surface area contributed by atoms with Crippen molar-refractivity contribution in [3.63, 3.8) is 0 Å². The van der Waals surface area contributed by atoms with Gasteiger partial charge in [0.2, 0.25) is 0 Å². The fourth-order valence-corrected chi connectivity index (χ4v) is 1.78. The zero-order valence-electron chi connectivity index (χ0n) is 9.56. The fraction of sp³-hybridized carbons (Fsp3) is 0.900. The Morgan fingerprint density at radius 2 is 2.13 bits per heavy atom. The van der Waals surface area contributed by atoms with Crippen LogP contribution in [0.4, 0.5) is 4.79 Å². The molecule has 2 atom stereocenters. The predicted molar refractivity (Wildman–Crippen MR) is 56.4 cm³/mol. The first-order valence-electron chi connectivity index (χ1n) is 5.20. The van der Waals surface area contributed by atoms with Crippen LogP contribution in [0.3, 0.4) is 0 Å². The summed E-state index contributed by atoms with van der Waals surface area (Å²) >= 11 is 0. The van der Waals surface area contributed by atoms with E-state index in [-0.39, 0.29) is 5.54 Å². The highest BCUT2D eigenvalue weighted by atomic mass is 16.6. The Labute approximate surface area is 90.2 Å². The molecule has 15 heavy (non-hydrogen) atoms. The summed E-state index contributed by atoms with van der Waals surface area (Å²) in [6.07, 6.45) is -1.32. The van der Waals surface area contributed by atoms with Gasteiger partial charge in [0, 0.05) is 18.6 Å². The molecule has 1 rings (SSSR count). The van der Waals surface area contributed by atoms with Crippen LogP contribution in [-0.2, 0) is 4.74 Å². The molecule has 0 aliphatic carbocycles. The van der Waals surface area contributed by atoms with Gasteiger partial charge in [-0.25, -0.2) is 4.79 Å². The molecular formula is C10H20N2O3. The average molecular weight is 216 g/mol. The van der Waals surface area contributed by atoms with E-state index in [2.05, 4.69) is 25.7 Å². The molecule has 1 aliphatic heterocycles. The minimum absolute atomic E-state index is 0.0133. The Bertz CT molecular complexity index is 237. The van der Waals surface area contributed by atoms with E-state index in [1.54, 1.807) is 0 Å². The number of amides is 1. The Balaban J connectivity index is 2.60. The lowest BCUT2D eigenvalue weighted by Gasteiger charge is -2.42. The van der Waals surface area contributed by atoms with E-state index in [1.807, 2.05) is 0 Å². The Morgan fingerprint density at radius 3 is 2.60 bits per heavy atom. The van der Waals surface area contributed by atoms with E-state index in [1.165, 1.54) is 0 Å². The molecule has 1 amide bonds.